The van der Waals surface area contributed by atoms with Gasteiger partial charge in [0.25, 0.3) is 0 Å². The highest BCUT2D eigenvalue weighted by Crippen LogP contribution is 2.29. The first-order valence-electron chi connectivity index (χ1n) is 7.78. The van der Waals surface area contributed by atoms with Crippen molar-refractivity contribution < 1.29 is 29.2 Å². The highest BCUT2D eigenvalue weighted by molar-refractivity contribution is 5.40. The Morgan fingerprint density at radius 2 is 0.792 bits per heavy atom. The molecular weight excluding hydrogens is 312 g/mol. The predicted molar refractivity (Wildman–Crippen MR) is 86.9 cm³/mol. The molecule has 2 aromatic rings. The van der Waals surface area contributed by atoms with Gasteiger partial charge in [-0.15, -0.1) is 0 Å². The molecule has 0 saturated heterocycles. The van der Waals surface area contributed by atoms with E-state index in [2.05, 4.69) is 0 Å². The molecule has 3 rings (SSSR count). The van der Waals surface area contributed by atoms with Crippen LogP contribution >= 0.6 is 0 Å². The van der Waals surface area contributed by atoms with Gasteiger partial charge in [0.05, 0.1) is 0 Å². The molecule has 0 spiro atoms. The van der Waals surface area contributed by atoms with E-state index >= 15 is 0 Å². The van der Waals surface area contributed by atoms with Crippen LogP contribution in [0.2, 0.25) is 0 Å². The number of rotatable bonds is 0. The van der Waals surface area contributed by atoms with Crippen molar-refractivity contribution in [3.05, 3.63) is 48.5 Å². The second-order valence-electron chi connectivity index (χ2n) is 5.45. The summed E-state index contributed by atoms with van der Waals surface area (Å²) in [6, 6.07) is 14.2. The van der Waals surface area contributed by atoms with Crippen molar-refractivity contribution >= 4 is 0 Å². The Bertz CT molecular complexity index is 548. The molecule has 0 saturated carbocycles. The zero-order valence-electron chi connectivity index (χ0n) is 13.1. The number of fused-ring (bicyclic) bond motifs is 2. The molecule has 0 aromatic heterocycles. The van der Waals surface area contributed by atoms with Crippen LogP contribution < -0.4 is 18.9 Å². The van der Waals surface area contributed by atoms with Crippen LogP contribution in [0.1, 0.15) is 0 Å². The van der Waals surface area contributed by atoms with Crippen LogP contribution in [0.15, 0.2) is 48.5 Å². The average Bonchev–Trinajstić information content (AvgIpc) is 2.62. The van der Waals surface area contributed by atoms with Gasteiger partial charge in [0, 0.05) is 0 Å². The predicted octanol–water partition coefficient (Wildman–Crippen LogP) is 1.64. The van der Waals surface area contributed by atoms with E-state index in [9.17, 15) is 10.2 Å². The van der Waals surface area contributed by atoms with Crippen molar-refractivity contribution in [3.63, 3.8) is 0 Å². The van der Waals surface area contributed by atoms with E-state index < -0.39 is 12.2 Å². The average molecular weight is 332 g/mol. The molecule has 0 fully saturated rings. The fraction of sp³-hybridized carbons (Fsp3) is 0.333. The number of para-hydroxylation sites is 4. The minimum absolute atomic E-state index is 0.0615. The molecule has 6 nitrogen and oxygen atoms in total. The van der Waals surface area contributed by atoms with Gasteiger partial charge in [-0.05, 0) is 24.3 Å². The van der Waals surface area contributed by atoms with E-state index in [1.165, 1.54) is 0 Å². The van der Waals surface area contributed by atoms with Crippen molar-refractivity contribution in [2.45, 2.75) is 12.2 Å². The van der Waals surface area contributed by atoms with E-state index in [1.54, 1.807) is 24.3 Å². The van der Waals surface area contributed by atoms with Crippen molar-refractivity contribution in [1.29, 1.82) is 0 Å². The van der Waals surface area contributed by atoms with Crippen LogP contribution in [0.5, 0.6) is 23.0 Å². The summed E-state index contributed by atoms with van der Waals surface area (Å²) >= 11 is 0. The van der Waals surface area contributed by atoms with Gasteiger partial charge in [0.1, 0.15) is 38.6 Å². The van der Waals surface area contributed by atoms with Gasteiger partial charge >= 0.3 is 0 Å². The summed E-state index contributed by atoms with van der Waals surface area (Å²) in [7, 11) is 0. The lowest BCUT2D eigenvalue weighted by Crippen LogP contribution is -2.27. The summed E-state index contributed by atoms with van der Waals surface area (Å²) in [5, 5.41) is 20.1. The molecule has 1 heterocycles. The van der Waals surface area contributed by atoms with E-state index in [0.717, 1.165) is 0 Å². The van der Waals surface area contributed by atoms with Gasteiger partial charge in [0.15, 0.2) is 23.0 Å². The topological polar surface area (TPSA) is 77.4 Å². The summed E-state index contributed by atoms with van der Waals surface area (Å²) in [6.07, 6.45) is -1.61. The lowest BCUT2D eigenvalue weighted by Gasteiger charge is -2.20. The Morgan fingerprint density at radius 1 is 0.542 bits per heavy atom. The van der Waals surface area contributed by atoms with Gasteiger partial charge in [-0.1, -0.05) is 24.3 Å². The Kier molecular flexibility index (Phi) is 5.40. The summed E-state index contributed by atoms with van der Waals surface area (Å²) < 4.78 is 22.4. The van der Waals surface area contributed by atoms with Crippen LogP contribution in [-0.2, 0) is 0 Å². The zero-order chi connectivity index (χ0) is 16.8. The van der Waals surface area contributed by atoms with Crippen LogP contribution in [0.3, 0.4) is 0 Å². The Balaban J connectivity index is 1.77. The highest BCUT2D eigenvalue weighted by Gasteiger charge is 2.15. The van der Waals surface area contributed by atoms with Crippen molar-refractivity contribution in [2.75, 3.05) is 26.4 Å². The molecule has 0 bridgehead atoms. The molecule has 6 heteroatoms. The molecular formula is C18H20O6. The Hall–Kier alpha value is -2.44. The molecule has 128 valence electrons. The molecule has 24 heavy (non-hydrogen) atoms. The second-order valence-corrected chi connectivity index (χ2v) is 5.45. The smallest absolute Gasteiger partial charge is 0.161 e. The number of aliphatic hydroxyl groups is 2. The standard InChI is InChI=1S/C18H20O6/c19-13-9-21-15-5-1-2-6-16(15)22-10-14(20)12-24-18-8-4-3-7-17(18)23-11-13/h1-8,13-14,19-20H,9-12H2/t13-,14-. The number of benzene rings is 2. The maximum absolute atomic E-state index is 10.0. The van der Waals surface area contributed by atoms with Crippen molar-refractivity contribution in [2.24, 2.45) is 0 Å². The minimum Gasteiger partial charge on any atom is -0.487 e. The molecule has 1 aliphatic rings. The molecule has 0 radical (unpaired) electrons. The SMILES string of the molecule is O[C@H]1COc2ccccc2OC[C@H](O)COc2ccccc2OC1. The van der Waals surface area contributed by atoms with Crippen molar-refractivity contribution in [3.8, 4) is 23.0 Å². The van der Waals surface area contributed by atoms with E-state index in [4.69, 9.17) is 18.9 Å². The third-order valence-corrected chi connectivity index (χ3v) is 3.42. The lowest BCUT2D eigenvalue weighted by molar-refractivity contribution is 0.0445. The Morgan fingerprint density at radius 3 is 1.04 bits per heavy atom. The second kappa shape index (κ2) is 7.90. The van der Waals surface area contributed by atoms with E-state index in [1.807, 2.05) is 24.3 Å². The van der Waals surface area contributed by atoms with Crippen LogP contribution in [0, 0.1) is 0 Å². The third-order valence-electron chi connectivity index (χ3n) is 3.42. The molecule has 0 aliphatic carbocycles. The summed E-state index contributed by atoms with van der Waals surface area (Å²) in [4.78, 5) is 0. The molecule has 0 unspecified atom stereocenters. The number of aliphatic hydroxyl groups excluding tert-OH is 2. The zero-order valence-corrected chi connectivity index (χ0v) is 13.1. The summed E-state index contributed by atoms with van der Waals surface area (Å²) in [5.74, 6) is 2.01. The minimum atomic E-state index is -0.806. The fourth-order valence-electron chi connectivity index (χ4n) is 2.22. The molecule has 2 N–H and O–H groups in total. The molecule has 0 atom stereocenters. The van der Waals surface area contributed by atoms with E-state index in [0.29, 0.717) is 23.0 Å². The van der Waals surface area contributed by atoms with Crippen molar-refractivity contribution in [1.82, 2.24) is 0 Å². The maximum Gasteiger partial charge on any atom is 0.161 e. The normalized spacial score (nSPS) is 21.6. The first kappa shape index (κ1) is 16.4. The number of hydrogen-bond acceptors (Lipinski definition) is 6. The van der Waals surface area contributed by atoms with Gasteiger partial charge in [-0.25, -0.2) is 0 Å². The van der Waals surface area contributed by atoms with E-state index in [-0.39, 0.29) is 26.4 Å². The van der Waals surface area contributed by atoms with Gasteiger partial charge in [-0.3, -0.25) is 0 Å². The Labute approximate surface area is 140 Å². The van der Waals surface area contributed by atoms with Crippen LogP contribution in [0.4, 0.5) is 0 Å². The maximum atomic E-state index is 10.0. The summed E-state index contributed by atoms with van der Waals surface area (Å²) in [5.41, 5.74) is 0. The number of ether oxygens (including phenoxy) is 4. The number of hydrogen-bond donors (Lipinski definition) is 2. The van der Waals surface area contributed by atoms with Gasteiger partial charge < -0.3 is 29.2 Å². The van der Waals surface area contributed by atoms with Crippen LogP contribution in [0.25, 0.3) is 0 Å². The quantitative estimate of drug-likeness (QED) is 0.764. The van der Waals surface area contributed by atoms with Gasteiger partial charge in [0.2, 0.25) is 0 Å². The summed E-state index contributed by atoms with van der Waals surface area (Å²) in [6.45, 7) is 0.246. The largest absolute Gasteiger partial charge is 0.487 e. The van der Waals surface area contributed by atoms with Gasteiger partial charge in [-0.2, -0.15) is 0 Å². The first-order chi connectivity index (χ1) is 11.7. The molecule has 2 aromatic carbocycles. The lowest BCUT2D eigenvalue weighted by atomic mass is 10.3. The van der Waals surface area contributed by atoms with Crippen LogP contribution in [-0.4, -0.2) is 48.8 Å². The fourth-order valence-corrected chi connectivity index (χ4v) is 2.22. The third kappa shape index (κ3) is 4.31. The molecule has 0 amide bonds. The monoisotopic (exact) mass is 332 g/mol. The first-order valence-corrected chi connectivity index (χ1v) is 7.78. The molecule has 1 aliphatic heterocycles. The highest BCUT2D eigenvalue weighted by atomic mass is 16.6.